The molecular formula is C13H18BrNO5S. The fourth-order valence-corrected chi connectivity index (χ4v) is 5.03. The van der Waals surface area contributed by atoms with Crippen molar-refractivity contribution in [2.45, 2.75) is 50.0 Å². The van der Waals surface area contributed by atoms with E-state index in [1.165, 1.54) is 0 Å². The van der Waals surface area contributed by atoms with Crippen LogP contribution in [0.2, 0.25) is 0 Å². The maximum absolute atomic E-state index is 12.4. The van der Waals surface area contributed by atoms with Gasteiger partial charge in [-0.3, -0.25) is 0 Å². The first-order chi connectivity index (χ1) is 9.85. The molecule has 2 atom stereocenters. The van der Waals surface area contributed by atoms with Gasteiger partial charge in [-0.25, -0.2) is 17.9 Å². The van der Waals surface area contributed by atoms with Crippen molar-refractivity contribution >= 4 is 31.9 Å². The summed E-state index contributed by atoms with van der Waals surface area (Å²) in [6, 6.07) is 0.919. The molecule has 1 aliphatic rings. The van der Waals surface area contributed by atoms with Crippen molar-refractivity contribution in [1.29, 1.82) is 0 Å². The summed E-state index contributed by atoms with van der Waals surface area (Å²) in [5.41, 5.74) is 0. The largest absolute Gasteiger partial charge is 0.475 e. The Hall–Kier alpha value is -0.860. The van der Waals surface area contributed by atoms with Crippen LogP contribution in [-0.4, -0.2) is 25.5 Å². The first kappa shape index (κ1) is 16.5. The summed E-state index contributed by atoms with van der Waals surface area (Å²) in [6.07, 6.45) is 4.85. The Balaban J connectivity index is 2.23. The van der Waals surface area contributed by atoms with Crippen molar-refractivity contribution in [2.75, 3.05) is 0 Å². The standard InChI is InChI=1S/C13H18BrNO5S/c1-2-8-5-3-4-6-9(8)15-21(18,19)11-7-10(13(16)17)20-12(11)14/h7-9,15H,2-6H2,1H3,(H,16,17). The Morgan fingerprint density at radius 1 is 1.48 bits per heavy atom. The summed E-state index contributed by atoms with van der Waals surface area (Å²) in [7, 11) is -3.80. The molecule has 8 heteroatoms. The smallest absolute Gasteiger partial charge is 0.371 e. The predicted octanol–water partition coefficient (Wildman–Crippen LogP) is 2.99. The Bertz CT molecular complexity index is 625. The number of carboxylic acid groups (broad SMARTS) is 1. The molecule has 2 rings (SSSR count). The molecule has 6 nitrogen and oxygen atoms in total. The van der Waals surface area contributed by atoms with Crippen LogP contribution in [0.15, 0.2) is 20.0 Å². The molecule has 1 heterocycles. The number of furan rings is 1. The van der Waals surface area contributed by atoms with E-state index in [0.717, 1.165) is 38.2 Å². The number of nitrogens with one attached hydrogen (secondary N) is 1. The number of rotatable bonds is 5. The van der Waals surface area contributed by atoms with E-state index in [2.05, 4.69) is 20.7 Å². The highest BCUT2D eigenvalue weighted by Gasteiger charge is 2.31. The van der Waals surface area contributed by atoms with Crippen LogP contribution in [0.4, 0.5) is 0 Å². The third-order valence-corrected chi connectivity index (χ3v) is 6.24. The minimum atomic E-state index is -3.80. The molecule has 1 aliphatic carbocycles. The second-order valence-corrected chi connectivity index (χ2v) is 7.64. The molecule has 1 aromatic heterocycles. The Morgan fingerprint density at radius 2 is 2.14 bits per heavy atom. The highest BCUT2D eigenvalue weighted by molar-refractivity contribution is 9.10. The maximum Gasteiger partial charge on any atom is 0.371 e. The molecule has 0 bridgehead atoms. The van der Waals surface area contributed by atoms with E-state index in [1.807, 2.05) is 6.92 Å². The van der Waals surface area contributed by atoms with Crippen LogP contribution in [0.25, 0.3) is 0 Å². The van der Waals surface area contributed by atoms with Crippen LogP contribution in [0.3, 0.4) is 0 Å². The summed E-state index contributed by atoms with van der Waals surface area (Å²) >= 11 is 2.97. The Labute approximate surface area is 132 Å². The minimum Gasteiger partial charge on any atom is -0.475 e. The van der Waals surface area contributed by atoms with Crippen molar-refractivity contribution in [3.05, 3.63) is 16.5 Å². The van der Waals surface area contributed by atoms with Crippen molar-refractivity contribution < 1.29 is 22.7 Å². The lowest BCUT2D eigenvalue weighted by Gasteiger charge is -2.31. The van der Waals surface area contributed by atoms with E-state index in [4.69, 9.17) is 9.52 Å². The summed E-state index contributed by atoms with van der Waals surface area (Å²) in [5, 5.41) is 8.86. The third-order valence-electron chi connectivity index (χ3n) is 3.90. The van der Waals surface area contributed by atoms with E-state index in [-0.39, 0.29) is 15.6 Å². The zero-order valence-electron chi connectivity index (χ0n) is 11.6. The molecule has 21 heavy (non-hydrogen) atoms. The number of halogens is 1. The predicted molar refractivity (Wildman–Crippen MR) is 79.7 cm³/mol. The van der Waals surface area contributed by atoms with Crippen molar-refractivity contribution in [1.82, 2.24) is 4.72 Å². The molecule has 0 amide bonds. The van der Waals surface area contributed by atoms with Gasteiger partial charge in [0, 0.05) is 12.1 Å². The fraction of sp³-hybridized carbons (Fsp3) is 0.615. The van der Waals surface area contributed by atoms with E-state index in [1.54, 1.807) is 0 Å². The van der Waals surface area contributed by atoms with Gasteiger partial charge in [-0.2, -0.15) is 0 Å². The van der Waals surface area contributed by atoms with Crippen molar-refractivity contribution in [3.8, 4) is 0 Å². The van der Waals surface area contributed by atoms with E-state index < -0.39 is 21.8 Å². The van der Waals surface area contributed by atoms with Crippen LogP contribution in [0.1, 0.15) is 49.6 Å². The molecule has 2 unspecified atom stereocenters. The van der Waals surface area contributed by atoms with E-state index in [9.17, 15) is 13.2 Å². The molecule has 2 N–H and O–H groups in total. The van der Waals surface area contributed by atoms with Crippen molar-refractivity contribution in [3.63, 3.8) is 0 Å². The molecule has 0 saturated heterocycles. The van der Waals surface area contributed by atoms with Gasteiger partial charge in [0.25, 0.3) is 0 Å². The van der Waals surface area contributed by atoms with Gasteiger partial charge in [0.2, 0.25) is 15.8 Å². The lowest BCUT2D eigenvalue weighted by molar-refractivity contribution is 0.0661. The third kappa shape index (κ3) is 3.67. The van der Waals surface area contributed by atoms with Gasteiger partial charge in [-0.1, -0.05) is 26.2 Å². The Kier molecular flexibility index (Phi) is 5.11. The number of hydrogen-bond acceptors (Lipinski definition) is 4. The summed E-state index contributed by atoms with van der Waals surface area (Å²) < 4.78 is 32.4. The summed E-state index contributed by atoms with van der Waals surface area (Å²) in [6.45, 7) is 2.05. The molecule has 0 spiro atoms. The van der Waals surface area contributed by atoms with Gasteiger partial charge in [0.1, 0.15) is 4.90 Å². The van der Waals surface area contributed by atoms with Gasteiger partial charge < -0.3 is 9.52 Å². The van der Waals surface area contributed by atoms with Gasteiger partial charge in [-0.05, 0) is 34.7 Å². The number of aromatic carboxylic acids is 1. The van der Waals surface area contributed by atoms with Gasteiger partial charge >= 0.3 is 5.97 Å². The maximum atomic E-state index is 12.4. The Morgan fingerprint density at radius 3 is 2.71 bits per heavy atom. The van der Waals surface area contributed by atoms with Crippen LogP contribution >= 0.6 is 15.9 Å². The quantitative estimate of drug-likeness (QED) is 0.819. The summed E-state index contributed by atoms with van der Waals surface area (Å²) in [4.78, 5) is 10.7. The van der Waals surface area contributed by atoms with Crippen molar-refractivity contribution in [2.24, 2.45) is 5.92 Å². The highest BCUT2D eigenvalue weighted by atomic mass is 79.9. The normalized spacial score (nSPS) is 23.1. The number of hydrogen-bond donors (Lipinski definition) is 2. The minimum absolute atomic E-state index is 0.0868. The SMILES string of the molecule is CCC1CCCCC1NS(=O)(=O)c1cc(C(=O)O)oc1Br. The first-order valence-electron chi connectivity index (χ1n) is 6.90. The van der Waals surface area contributed by atoms with Gasteiger partial charge in [0.05, 0.1) is 0 Å². The van der Waals surface area contributed by atoms with E-state index >= 15 is 0 Å². The van der Waals surface area contributed by atoms with Gasteiger partial charge in [0.15, 0.2) is 4.67 Å². The second-order valence-electron chi connectivity index (χ2n) is 5.23. The van der Waals surface area contributed by atoms with Crippen LogP contribution in [-0.2, 0) is 10.0 Å². The van der Waals surface area contributed by atoms with Crippen LogP contribution in [0.5, 0.6) is 0 Å². The molecule has 1 fully saturated rings. The fourth-order valence-electron chi connectivity index (χ4n) is 2.75. The van der Waals surface area contributed by atoms with E-state index in [0.29, 0.717) is 5.92 Å². The second kappa shape index (κ2) is 6.50. The van der Waals surface area contributed by atoms with Crippen LogP contribution < -0.4 is 4.72 Å². The zero-order chi connectivity index (χ0) is 15.6. The number of sulfonamides is 1. The molecular weight excluding hydrogens is 362 g/mol. The lowest BCUT2D eigenvalue weighted by atomic mass is 9.83. The monoisotopic (exact) mass is 379 g/mol. The molecule has 118 valence electrons. The van der Waals surface area contributed by atoms with Crippen LogP contribution in [0, 0.1) is 5.92 Å². The molecule has 0 radical (unpaired) electrons. The summed E-state index contributed by atoms with van der Waals surface area (Å²) in [5.74, 6) is -1.39. The molecule has 1 aromatic rings. The number of carbonyl (C=O) groups is 1. The zero-order valence-corrected chi connectivity index (χ0v) is 14.0. The molecule has 1 saturated carbocycles. The first-order valence-corrected chi connectivity index (χ1v) is 9.17. The molecule has 0 aromatic carbocycles. The molecule has 0 aliphatic heterocycles. The van der Waals surface area contributed by atoms with Gasteiger partial charge in [-0.15, -0.1) is 0 Å². The highest BCUT2D eigenvalue weighted by Crippen LogP contribution is 2.30. The average molecular weight is 380 g/mol. The average Bonchev–Trinajstić information content (AvgIpc) is 2.82. The lowest BCUT2D eigenvalue weighted by Crippen LogP contribution is -2.41. The topological polar surface area (TPSA) is 96.6 Å². The number of carboxylic acids is 1.